The predicted octanol–water partition coefficient (Wildman–Crippen LogP) is 3.73. The maximum absolute atomic E-state index is 12.3. The van der Waals surface area contributed by atoms with Crippen molar-refractivity contribution in [3.8, 4) is 0 Å². The number of hydrogen-bond donors (Lipinski definition) is 0. The molecule has 114 valence electrons. The molecule has 1 aromatic carbocycles. The molecule has 21 heavy (non-hydrogen) atoms. The van der Waals surface area contributed by atoms with Gasteiger partial charge in [0.05, 0.1) is 23.1 Å². The Labute approximate surface area is 135 Å². The van der Waals surface area contributed by atoms with Gasteiger partial charge in [-0.05, 0) is 44.0 Å². The number of hydrogen-bond acceptors (Lipinski definition) is 3. The van der Waals surface area contributed by atoms with Crippen LogP contribution in [0.1, 0.15) is 30.7 Å². The summed E-state index contributed by atoms with van der Waals surface area (Å²) in [5, 5.41) is 1.09. The second-order valence-electron chi connectivity index (χ2n) is 6.03. The molecule has 5 heteroatoms. The van der Waals surface area contributed by atoms with Gasteiger partial charge < -0.3 is 4.74 Å². The summed E-state index contributed by atoms with van der Waals surface area (Å²) in [6.07, 6.45) is 3.16. The van der Waals surface area contributed by atoms with Crippen LogP contribution in [0.15, 0.2) is 18.2 Å². The van der Waals surface area contributed by atoms with Crippen LogP contribution < -0.4 is 0 Å². The molecule has 0 aliphatic carbocycles. The number of nitrogens with zero attached hydrogens (tertiary/aromatic N) is 1. The van der Waals surface area contributed by atoms with Gasteiger partial charge in [0.2, 0.25) is 0 Å². The second-order valence-corrected chi connectivity index (χ2v) is 6.84. The number of halogens is 2. The average Bonchev–Trinajstić information content (AvgIpc) is 2.72. The summed E-state index contributed by atoms with van der Waals surface area (Å²) in [6, 6.07) is 6.49. The summed E-state index contributed by atoms with van der Waals surface area (Å²) in [4.78, 5) is 14.7. The maximum Gasteiger partial charge on any atom is 0.310 e. The van der Waals surface area contributed by atoms with E-state index in [2.05, 4.69) is 11.9 Å². The molecular weight excluding hydrogens is 309 g/mol. The number of ether oxygens (including phenoxy) is 1. The number of piperidine rings is 1. The van der Waals surface area contributed by atoms with Crippen molar-refractivity contribution in [1.82, 2.24) is 4.90 Å². The third kappa shape index (κ3) is 2.56. The van der Waals surface area contributed by atoms with E-state index in [1.165, 1.54) is 7.11 Å². The molecule has 1 unspecified atom stereocenters. The summed E-state index contributed by atoms with van der Waals surface area (Å²) in [5.74, 6) is -0.0971. The molecular formula is C16H19Cl2NO2. The van der Waals surface area contributed by atoms with E-state index in [9.17, 15) is 4.79 Å². The summed E-state index contributed by atoms with van der Waals surface area (Å²) >= 11 is 12.2. The minimum Gasteiger partial charge on any atom is -0.469 e. The molecule has 1 aromatic rings. The minimum atomic E-state index is -0.129. The van der Waals surface area contributed by atoms with Gasteiger partial charge in [-0.15, -0.1) is 0 Å². The summed E-state index contributed by atoms with van der Waals surface area (Å²) in [7, 11) is 3.58. The average molecular weight is 328 g/mol. The lowest BCUT2D eigenvalue weighted by Crippen LogP contribution is -2.49. The van der Waals surface area contributed by atoms with Crippen molar-refractivity contribution in [3.63, 3.8) is 0 Å². The number of carbonyl (C=O) groups excluding carboxylic acids is 1. The first-order chi connectivity index (χ1) is 10.0. The standard InChI is InChI=1S/C16H19Cl2NO2/c1-19-10-4-6-14(19)15(16(20)21-2)11(8-10)9-3-5-12(17)13(18)7-9/h3,5,7,10-11,14-15H,4,6,8H2,1-2H3/t10?,11-,14-,15+/m1/s1. The molecule has 2 bridgehead atoms. The van der Waals surface area contributed by atoms with Crippen LogP contribution in [0.25, 0.3) is 0 Å². The first kappa shape index (κ1) is 15.1. The van der Waals surface area contributed by atoms with Crippen molar-refractivity contribution in [1.29, 1.82) is 0 Å². The normalized spacial score (nSPS) is 32.2. The third-order valence-electron chi connectivity index (χ3n) is 5.11. The van der Waals surface area contributed by atoms with Crippen LogP contribution in [-0.2, 0) is 9.53 Å². The van der Waals surface area contributed by atoms with Crippen molar-refractivity contribution in [2.75, 3.05) is 14.2 Å². The van der Waals surface area contributed by atoms with Gasteiger partial charge in [0.15, 0.2) is 0 Å². The molecule has 0 saturated carbocycles. The Balaban J connectivity index is 1.98. The van der Waals surface area contributed by atoms with Crippen LogP contribution in [-0.4, -0.2) is 37.1 Å². The fraction of sp³-hybridized carbons (Fsp3) is 0.562. The topological polar surface area (TPSA) is 29.5 Å². The maximum atomic E-state index is 12.3. The Morgan fingerprint density at radius 1 is 1.29 bits per heavy atom. The molecule has 0 aromatic heterocycles. The highest BCUT2D eigenvalue weighted by Crippen LogP contribution is 2.47. The smallest absolute Gasteiger partial charge is 0.310 e. The van der Waals surface area contributed by atoms with Gasteiger partial charge in [-0.3, -0.25) is 9.69 Å². The number of fused-ring (bicyclic) bond motifs is 2. The first-order valence-corrected chi connectivity index (χ1v) is 8.03. The van der Waals surface area contributed by atoms with Gasteiger partial charge in [-0.2, -0.15) is 0 Å². The number of carbonyl (C=O) groups is 1. The Hall–Kier alpha value is -0.770. The number of methoxy groups -OCH3 is 1. The van der Waals surface area contributed by atoms with Crippen molar-refractivity contribution in [3.05, 3.63) is 33.8 Å². The Morgan fingerprint density at radius 3 is 2.71 bits per heavy atom. The lowest BCUT2D eigenvalue weighted by atomic mass is 9.76. The fourth-order valence-corrected chi connectivity index (χ4v) is 4.32. The summed E-state index contributed by atoms with van der Waals surface area (Å²) < 4.78 is 5.07. The summed E-state index contributed by atoms with van der Waals surface area (Å²) in [6.45, 7) is 0. The lowest BCUT2D eigenvalue weighted by Gasteiger charge is -2.41. The Kier molecular flexibility index (Phi) is 4.17. The molecule has 0 amide bonds. The van der Waals surface area contributed by atoms with Gasteiger partial charge in [-0.25, -0.2) is 0 Å². The van der Waals surface area contributed by atoms with Gasteiger partial charge in [0.25, 0.3) is 0 Å². The zero-order chi connectivity index (χ0) is 15.1. The van der Waals surface area contributed by atoms with Crippen molar-refractivity contribution in [2.24, 2.45) is 5.92 Å². The van der Waals surface area contributed by atoms with E-state index in [1.807, 2.05) is 18.2 Å². The lowest BCUT2D eigenvalue weighted by molar-refractivity contribution is -0.150. The molecule has 2 heterocycles. The van der Waals surface area contributed by atoms with Crippen LogP contribution in [0.4, 0.5) is 0 Å². The monoisotopic (exact) mass is 327 g/mol. The van der Waals surface area contributed by atoms with E-state index in [0.29, 0.717) is 16.1 Å². The predicted molar refractivity (Wildman–Crippen MR) is 83.9 cm³/mol. The van der Waals surface area contributed by atoms with E-state index < -0.39 is 0 Å². The summed E-state index contributed by atoms with van der Waals surface area (Å²) in [5.41, 5.74) is 1.09. The van der Waals surface area contributed by atoms with E-state index in [1.54, 1.807) is 0 Å². The van der Waals surface area contributed by atoms with Crippen molar-refractivity contribution in [2.45, 2.75) is 37.3 Å². The first-order valence-electron chi connectivity index (χ1n) is 7.27. The quantitative estimate of drug-likeness (QED) is 0.775. The molecule has 3 nitrogen and oxygen atoms in total. The van der Waals surface area contributed by atoms with Crippen LogP contribution in [0.2, 0.25) is 10.0 Å². The number of rotatable bonds is 2. The molecule has 2 saturated heterocycles. The van der Waals surface area contributed by atoms with E-state index in [-0.39, 0.29) is 23.8 Å². The van der Waals surface area contributed by atoms with Crippen LogP contribution in [0, 0.1) is 5.92 Å². The SMILES string of the molecule is COC(=O)[C@H]1[C@@H](c2ccc(Cl)c(Cl)c2)CC2CC[C@H]1N2C. The molecule has 2 aliphatic rings. The highest BCUT2D eigenvalue weighted by Gasteiger charge is 2.49. The van der Waals surface area contributed by atoms with Gasteiger partial charge >= 0.3 is 5.97 Å². The highest BCUT2D eigenvalue weighted by atomic mass is 35.5. The second kappa shape index (κ2) is 5.79. The number of esters is 1. The molecule has 3 rings (SSSR count). The van der Waals surface area contributed by atoms with Gasteiger partial charge in [0, 0.05) is 18.0 Å². The fourth-order valence-electron chi connectivity index (χ4n) is 4.01. The molecule has 0 N–H and O–H groups in total. The molecule has 4 atom stereocenters. The minimum absolute atomic E-state index is 0.122. The van der Waals surface area contributed by atoms with Crippen LogP contribution >= 0.6 is 23.2 Å². The zero-order valence-corrected chi connectivity index (χ0v) is 13.7. The molecule has 0 radical (unpaired) electrons. The highest BCUT2D eigenvalue weighted by molar-refractivity contribution is 6.42. The van der Waals surface area contributed by atoms with Crippen LogP contribution in [0.5, 0.6) is 0 Å². The number of benzene rings is 1. The van der Waals surface area contributed by atoms with Gasteiger partial charge in [0.1, 0.15) is 0 Å². The largest absolute Gasteiger partial charge is 0.469 e. The Morgan fingerprint density at radius 2 is 2.05 bits per heavy atom. The zero-order valence-electron chi connectivity index (χ0n) is 12.2. The molecule has 2 fully saturated rings. The van der Waals surface area contributed by atoms with Crippen LogP contribution in [0.3, 0.4) is 0 Å². The Bertz CT molecular complexity index is 563. The van der Waals surface area contributed by atoms with E-state index in [4.69, 9.17) is 27.9 Å². The molecule has 2 aliphatic heterocycles. The van der Waals surface area contributed by atoms with E-state index in [0.717, 1.165) is 24.8 Å². The van der Waals surface area contributed by atoms with E-state index >= 15 is 0 Å². The van der Waals surface area contributed by atoms with Gasteiger partial charge in [-0.1, -0.05) is 29.3 Å². The molecule has 0 spiro atoms. The third-order valence-corrected chi connectivity index (χ3v) is 5.85. The van der Waals surface area contributed by atoms with Crippen molar-refractivity contribution >= 4 is 29.2 Å². The van der Waals surface area contributed by atoms with Crippen molar-refractivity contribution < 1.29 is 9.53 Å².